The number of aryl methyl sites for hydroxylation is 1. The van der Waals surface area contributed by atoms with Gasteiger partial charge >= 0.3 is 0 Å². The fourth-order valence-corrected chi connectivity index (χ4v) is 2.91. The van der Waals surface area contributed by atoms with Gasteiger partial charge in [-0.3, -0.25) is 0 Å². The summed E-state index contributed by atoms with van der Waals surface area (Å²) in [5, 5.41) is 3.14. The molecule has 0 aliphatic carbocycles. The molecule has 0 radical (unpaired) electrons. The van der Waals surface area contributed by atoms with Gasteiger partial charge in [0.15, 0.2) is 11.6 Å². The normalized spacial score (nSPS) is 12.5. The van der Waals surface area contributed by atoms with Crippen molar-refractivity contribution in [1.29, 1.82) is 0 Å². The summed E-state index contributed by atoms with van der Waals surface area (Å²) < 4.78 is 41.7. The van der Waals surface area contributed by atoms with Gasteiger partial charge < -0.3 is 5.32 Å². The topological polar surface area (TPSA) is 12.0 Å². The maximum Gasteiger partial charge on any atom is 0.161 e. The smallest absolute Gasteiger partial charge is 0.161 e. The molecule has 2 rings (SSSR count). The first-order valence-corrected chi connectivity index (χ1v) is 7.66. The Hall–Kier alpha value is -1.08. The van der Waals surface area contributed by atoms with Crippen molar-refractivity contribution in [3.63, 3.8) is 0 Å². The molecule has 0 amide bonds. The first kappa shape index (κ1) is 16.3. The summed E-state index contributed by atoms with van der Waals surface area (Å²) in [4.78, 5) is 0. The van der Waals surface area contributed by atoms with Crippen LogP contribution in [0.5, 0.6) is 0 Å². The summed E-state index contributed by atoms with van der Waals surface area (Å²) in [6.07, 6.45) is 0. The van der Waals surface area contributed by atoms with E-state index in [0.717, 1.165) is 20.8 Å². The molecule has 112 valence electrons. The molecule has 0 saturated heterocycles. The molecule has 0 aliphatic rings. The van der Waals surface area contributed by atoms with Crippen LogP contribution in [-0.2, 0) is 0 Å². The number of hydrogen-bond donors (Lipinski definition) is 1. The Morgan fingerprint density at radius 2 is 1.71 bits per heavy atom. The lowest BCUT2D eigenvalue weighted by atomic mass is 9.96. The Balaban J connectivity index is 2.59. The Bertz CT molecular complexity index is 658. The highest BCUT2D eigenvalue weighted by atomic mass is 127. The molecule has 0 fully saturated rings. The minimum absolute atomic E-state index is 0.110. The van der Waals surface area contributed by atoms with E-state index in [1.54, 1.807) is 0 Å². The average molecular weight is 405 g/mol. The Morgan fingerprint density at radius 3 is 2.38 bits per heavy atom. The van der Waals surface area contributed by atoms with Crippen LogP contribution in [0.1, 0.15) is 29.7 Å². The molecular weight excluding hydrogens is 390 g/mol. The van der Waals surface area contributed by atoms with E-state index >= 15 is 0 Å². The van der Waals surface area contributed by atoms with Crippen molar-refractivity contribution in [2.75, 3.05) is 6.54 Å². The van der Waals surface area contributed by atoms with Gasteiger partial charge in [0.05, 0.1) is 6.04 Å². The standard InChI is InChI=1S/C16H15F3IN/c1-3-21-16(10-6-4-5-9(2)15(10)20)11-7-13(18)14(19)8-12(11)17/h4-8,16,21H,3H2,1-2H3. The molecule has 1 N–H and O–H groups in total. The van der Waals surface area contributed by atoms with Crippen molar-refractivity contribution >= 4 is 22.6 Å². The molecule has 5 heteroatoms. The van der Waals surface area contributed by atoms with Crippen LogP contribution in [0.2, 0.25) is 0 Å². The lowest BCUT2D eigenvalue weighted by Gasteiger charge is -2.22. The van der Waals surface area contributed by atoms with Crippen LogP contribution in [0, 0.1) is 27.9 Å². The Kier molecular flexibility index (Phi) is 5.27. The fraction of sp³-hybridized carbons (Fsp3) is 0.250. The van der Waals surface area contributed by atoms with Gasteiger partial charge in [-0.1, -0.05) is 25.1 Å². The summed E-state index contributed by atoms with van der Waals surface area (Å²) >= 11 is 2.18. The molecule has 2 aromatic rings. The van der Waals surface area contributed by atoms with Gasteiger partial charge in [-0.2, -0.15) is 0 Å². The molecule has 1 nitrogen and oxygen atoms in total. The molecular formula is C16H15F3IN. The van der Waals surface area contributed by atoms with Crippen LogP contribution in [-0.4, -0.2) is 6.54 Å². The molecule has 1 unspecified atom stereocenters. The third-order valence-corrected chi connectivity index (χ3v) is 4.77. The molecule has 2 aromatic carbocycles. The average Bonchev–Trinajstić information content (AvgIpc) is 2.44. The highest BCUT2D eigenvalue weighted by Crippen LogP contribution is 2.30. The van der Waals surface area contributed by atoms with Crippen molar-refractivity contribution in [3.05, 3.63) is 68.0 Å². The van der Waals surface area contributed by atoms with Crippen molar-refractivity contribution in [2.24, 2.45) is 0 Å². The molecule has 0 bridgehead atoms. The van der Waals surface area contributed by atoms with Crippen molar-refractivity contribution in [2.45, 2.75) is 19.9 Å². The molecule has 0 aliphatic heterocycles. The predicted octanol–water partition coefficient (Wildman–Crippen LogP) is 4.72. The van der Waals surface area contributed by atoms with E-state index in [0.29, 0.717) is 12.6 Å². The summed E-state index contributed by atoms with van der Waals surface area (Å²) in [6.45, 7) is 4.41. The molecule has 0 saturated carbocycles. The number of halogens is 4. The number of rotatable bonds is 4. The maximum atomic E-state index is 14.1. The monoisotopic (exact) mass is 405 g/mol. The zero-order valence-electron chi connectivity index (χ0n) is 11.7. The predicted molar refractivity (Wildman–Crippen MR) is 85.7 cm³/mol. The first-order valence-electron chi connectivity index (χ1n) is 6.58. The van der Waals surface area contributed by atoms with Crippen molar-refractivity contribution < 1.29 is 13.2 Å². The molecule has 1 atom stereocenters. The summed E-state index contributed by atoms with van der Waals surface area (Å²) in [6, 6.07) is 6.69. The third kappa shape index (κ3) is 3.40. The lowest BCUT2D eigenvalue weighted by Crippen LogP contribution is -2.24. The van der Waals surface area contributed by atoms with Gasteiger partial charge in [-0.05, 0) is 53.3 Å². The van der Waals surface area contributed by atoms with Crippen LogP contribution in [0.4, 0.5) is 13.2 Å². The van der Waals surface area contributed by atoms with E-state index in [9.17, 15) is 13.2 Å². The van der Waals surface area contributed by atoms with Crippen LogP contribution in [0.15, 0.2) is 30.3 Å². The second kappa shape index (κ2) is 6.79. The van der Waals surface area contributed by atoms with Crippen molar-refractivity contribution in [3.8, 4) is 0 Å². The van der Waals surface area contributed by atoms with Crippen molar-refractivity contribution in [1.82, 2.24) is 5.32 Å². The first-order chi connectivity index (χ1) is 9.95. The molecule has 0 spiro atoms. The summed E-state index contributed by atoms with van der Waals surface area (Å²) in [5.41, 5.74) is 2.01. The lowest BCUT2D eigenvalue weighted by molar-refractivity contribution is 0.481. The van der Waals surface area contributed by atoms with Gasteiger partial charge in [0.1, 0.15) is 5.82 Å². The largest absolute Gasteiger partial charge is 0.306 e. The van der Waals surface area contributed by atoms with Gasteiger partial charge in [-0.25, -0.2) is 13.2 Å². The highest BCUT2D eigenvalue weighted by Gasteiger charge is 2.22. The molecule has 0 heterocycles. The minimum Gasteiger partial charge on any atom is -0.306 e. The zero-order valence-corrected chi connectivity index (χ0v) is 13.8. The quantitative estimate of drug-likeness (QED) is 0.574. The second-order valence-corrected chi connectivity index (χ2v) is 5.84. The Labute approximate surface area is 135 Å². The highest BCUT2D eigenvalue weighted by molar-refractivity contribution is 14.1. The minimum atomic E-state index is -1.18. The Morgan fingerprint density at radius 1 is 1.05 bits per heavy atom. The van der Waals surface area contributed by atoms with E-state index < -0.39 is 23.5 Å². The van der Waals surface area contributed by atoms with Gasteiger partial charge in [0.25, 0.3) is 0 Å². The van der Waals surface area contributed by atoms with E-state index in [2.05, 4.69) is 27.9 Å². The van der Waals surface area contributed by atoms with E-state index in [1.165, 1.54) is 0 Å². The maximum absolute atomic E-state index is 14.1. The zero-order chi connectivity index (χ0) is 15.6. The van der Waals surface area contributed by atoms with Crippen LogP contribution in [0.3, 0.4) is 0 Å². The van der Waals surface area contributed by atoms with Crippen LogP contribution in [0.25, 0.3) is 0 Å². The van der Waals surface area contributed by atoms with Gasteiger partial charge in [0, 0.05) is 15.2 Å². The third-order valence-electron chi connectivity index (χ3n) is 3.29. The molecule has 0 aromatic heterocycles. The second-order valence-electron chi connectivity index (χ2n) is 4.76. The number of nitrogens with one attached hydrogen (secondary N) is 1. The molecule has 21 heavy (non-hydrogen) atoms. The number of hydrogen-bond acceptors (Lipinski definition) is 1. The van der Waals surface area contributed by atoms with E-state index in [-0.39, 0.29) is 5.56 Å². The van der Waals surface area contributed by atoms with E-state index in [1.807, 2.05) is 32.0 Å². The SMILES string of the molecule is CCNC(c1cc(F)c(F)cc1F)c1cccc(C)c1I. The summed E-state index contributed by atoms with van der Waals surface area (Å²) in [7, 11) is 0. The fourth-order valence-electron chi connectivity index (χ4n) is 2.24. The van der Waals surface area contributed by atoms with Crippen LogP contribution < -0.4 is 5.32 Å². The van der Waals surface area contributed by atoms with Crippen LogP contribution >= 0.6 is 22.6 Å². The number of benzene rings is 2. The van der Waals surface area contributed by atoms with Gasteiger partial charge in [-0.15, -0.1) is 0 Å². The summed E-state index contributed by atoms with van der Waals surface area (Å²) in [5.74, 6) is -2.97. The van der Waals surface area contributed by atoms with Gasteiger partial charge in [0.2, 0.25) is 0 Å². The van der Waals surface area contributed by atoms with E-state index in [4.69, 9.17) is 0 Å².